The van der Waals surface area contributed by atoms with E-state index >= 15 is 0 Å². The maximum absolute atomic E-state index is 12.0. The summed E-state index contributed by atoms with van der Waals surface area (Å²) < 4.78 is 0. The Labute approximate surface area is 137 Å². The standard InChI is InChI=1S/C18H25N3O2/c1-12(22)20-16-8-2-13(3-9-16)10-11-19-18(23)21-17(14-4-5-14)15-6-7-15/h2-3,8-9,14-15,17H,4-7,10-11H2,1H3,(H,20,22)(H2,19,21,23). The summed E-state index contributed by atoms with van der Waals surface area (Å²) in [5.41, 5.74) is 1.93. The third kappa shape index (κ3) is 4.98. The molecule has 1 aromatic carbocycles. The van der Waals surface area contributed by atoms with E-state index in [1.165, 1.54) is 32.6 Å². The Hall–Kier alpha value is -2.04. The molecular formula is C18H25N3O2. The largest absolute Gasteiger partial charge is 0.338 e. The number of urea groups is 1. The molecule has 0 aliphatic heterocycles. The van der Waals surface area contributed by atoms with Gasteiger partial charge < -0.3 is 16.0 Å². The molecule has 1 aromatic rings. The van der Waals surface area contributed by atoms with Crippen molar-refractivity contribution in [2.45, 2.75) is 45.1 Å². The summed E-state index contributed by atoms with van der Waals surface area (Å²) in [5.74, 6) is 1.36. The molecule has 0 aromatic heterocycles. The highest BCUT2D eigenvalue weighted by Gasteiger charge is 2.42. The fourth-order valence-electron chi connectivity index (χ4n) is 3.01. The minimum absolute atomic E-state index is 0.0383. The average Bonchev–Trinajstić information content (AvgIpc) is 3.38. The Bertz CT molecular complexity index is 550. The lowest BCUT2D eigenvalue weighted by Crippen LogP contribution is -2.44. The van der Waals surface area contributed by atoms with Crippen molar-refractivity contribution >= 4 is 17.6 Å². The molecule has 3 N–H and O–H groups in total. The molecule has 124 valence electrons. The van der Waals surface area contributed by atoms with Gasteiger partial charge in [0.25, 0.3) is 0 Å². The molecule has 2 fully saturated rings. The highest BCUT2D eigenvalue weighted by Crippen LogP contribution is 2.44. The Morgan fingerprint density at radius 3 is 2.22 bits per heavy atom. The first-order valence-corrected chi connectivity index (χ1v) is 8.53. The van der Waals surface area contributed by atoms with Gasteiger partial charge in [0.2, 0.25) is 5.91 Å². The number of amides is 3. The van der Waals surface area contributed by atoms with Crippen molar-refractivity contribution in [3.8, 4) is 0 Å². The normalized spacial score (nSPS) is 17.0. The molecule has 0 unspecified atom stereocenters. The summed E-state index contributed by atoms with van der Waals surface area (Å²) in [4.78, 5) is 23.0. The molecule has 0 bridgehead atoms. The highest BCUT2D eigenvalue weighted by molar-refractivity contribution is 5.88. The number of hydrogen-bond donors (Lipinski definition) is 3. The fourth-order valence-corrected chi connectivity index (χ4v) is 3.01. The minimum atomic E-state index is -0.0723. The summed E-state index contributed by atoms with van der Waals surface area (Å²) in [6.45, 7) is 2.11. The lowest BCUT2D eigenvalue weighted by atomic mass is 10.1. The Morgan fingerprint density at radius 2 is 1.70 bits per heavy atom. The van der Waals surface area contributed by atoms with Crippen LogP contribution in [0.1, 0.15) is 38.2 Å². The lowest BCUT2D eigenvalue weighted by Gasteiger charge is -2.18. The van der Waals surface area contributed by atoms with E-state index < -0.39 is 0 Å². The van der Waals surface area contributed by atoms with E-state index in [4.69, 9.17) is 0 Å². The first kappa shape index (κ1) is 15.8. The maximum atomic E-state index is 12.0. The summed E-state index contributed by atoms with van der Waals surface area (Å²) in [5, 5.41) is 8.86. The van der Waals surface area contributed by atoms with E-state index in [-0.39, 0.29) is 11.9 Å². The second-order valence-corrected chi connectivity index (χ2v) is 6.73. The van der Waals surface area contributed by atoms with Gasteiger partial charge in [-0.3, -0.25) is 4.79 Å². The van der Waals surface area contributed by atoms with Crippen LogP contribution >= 0.6 is 0 Å². The van der Waals surface area contributed by atoms with E-state index in [0.29, 0.717) is 12.6 Å². The van der Waals surface area contributed by atoms with Gasteiger partial charge in [-0.1, -0.05) is 12.1 Å². The minimum Gasteiger partial charge on any atom is -0.338 e. The Kier molecular flexibility index (Phi) is 4.84. The van der Waals surface area contributed by atoms with Crippen molar-refractivity contribution in [1.82, 2.24) is 10.6 Å². The average molecular weight is 315 g/mol. The number of nitrogens with one attached hydrogen (secondary N) is 3. The number of carbonyl (C=O) groups is 2. The molecule has 5 heteroatoms. The molecule has 3 rings (SSSR count). The number of benzene rings is 1. The smallest absolute Gasteiger partial charge is 0.315 e. The molecular weight excluding hydrogens is 290 g/mol. The van der Waals surface area contributed by atoms with Gasteiger partial charge in [0, 0.05) is 25.2 Å². The molecule has 5 nitrogen and oxygen atoms in total. The highest BCUT2D eigenvalue weighted by atomic mass is 16.2. The molecule has 0 saturated heterocycles. The van der Waals surface area contributed by atoms with Gasteiger partial charge in [0.15, 0.2) is 0 Å². The van der Waals surface area contributed by atoms with Crippen molar-refractivity contribution in [2.75, 3.05) is 11.9 Å². The quantitative estimate of drug-likeness (QED) is 0.724. The van der Waals surface area contributed by atoms with Crippen molar-refractivity contribution in [1.29, 1.82) is 0 Å². The Morgan fingerprint density at radius 1 is 1.09 bits per heavy atom. The van der Waals surface area contributed by atoms with Crippen LogP contribution in [0, 0.1) is 11.8 Å². The van der Waals surface area contributed by atoms with Crippen molar-refractivity contribution in [3.63, 3.8) is 0 Å². The van der Waals surface area contributed by atoms with Crippen LogP contribution in [0.15, 0.2) is 24.3 Å². The zero-order valence-electron chi connectivity index (χ0n) is 13.6. The van der Waals surface area contributed by atoms with Crippen LogP contribution in [0.25, 0.3) is 0 Å². The molecule has 2 saturated carbocycles. The van der Waals surface area contributed by atoms with Gasteiger partial charge in [-0.25, -0.2) is 4.79 Å². The summed E-state index contributed by atoms with van der Waals surface area (Å²) in [7, 11) is 0. The number of anilines is 1. The predicted octanol–water partition coefficient (Wildman–Crippen LogP) is 2.68. The SMILES string of the molecule is CC(=O)Nc1ccc(CCNC(=O)NC(C2CC2)C2CC2)cc1. The fraction of sp³-hybridized carbons (Fsp3) is 0.556. The van der Waals surface area contributed by atoms with Gasteiger partial charge in [0.1, 0.15) is 0 Å². The molecule has 3 amide bonds. The molecule has 2 aliphatic rings. The predicted molar refractivity (Wildman–Crippen MR) is 90.2 cm³/mol. The second kappa shape index (κ2) is 7.02. The van der Waals surface area contributed by atoms with E-state index in [9.17, 15) is 9.59 Å². The third-order valence-electron chi connectivity index (χ3n) is 4.53. The molecule has 23 heavy (non-hydrogen) atoms. The van der Waals surface area contributed by atoms with Crippen LogP contribution in [0.4, 0.5) is 10.5 Å². The molecule has 0 atom stereocenters. The number of rotatable bonds is 7. The van der Waals surface area contributed by atoms with Gasteiger partial charge >= 0.3 is 6.03 Å². The van der Waals surface area contributed by atoms with E-state index in [2.05, 4.69) is 16.0 Å². The zero-order chi connectivity index (χ0) is 16.2. The first-order valence-electron chi connectivity index (χ1n) is 8.53. The van der Waals surface area contributed by atoms with Gasteiger partial charge in [0.05, 0.1) is 0 Å². The molecule has 0 heterocycles. The Balaban J connectivity index is 1.38. The summed E-state index contributed by atoms with van der Waals surface area (Å²) in [6.07, 6.45) is 5.85. The van der Waals surface area contributed by atoms with E-state index in [0.717, 1.165) is 29.5 Å². The van der Waals surface area contributed by atoms with Crippen molar-refractivity contribution in [3.05, 3.63) is 29.8 Å². The third-order valence-corrected chi connectivity index (χ3v) is 4.53. The van der Waals surface area contributed by atoms with Crippen LogP contribution in [0.5, 0.6) is 0 Å². The van der Waals surface area contributed by atoms with Crippen LogP contribution in [0.2, 0.25) is 0 Å². The molecule has 2 aliphatic carbocycles. The second-order valence-electron chi connectivity index (χ2n) is 6.73. The van der Waals surface area contributed by atoms with Crippen LogP contribution in [-0.2, 0) is 11.2 Å². The summed E-state index contributed by atoms with van der Waals surface area (Å²) in [6, 6.07) is 8.07. The van der Waals surface area contributed by atoms with Crippen LogP contribution < -0.4 is 16.0 Å². The van der Waals surface area contributed by atoms with Crippen LogP contribution in [0.3, 0.4) is 0 Å². The van der Waals surface area contributed by atoms with Gasteiger partial charge in [-0.05, 0) is 61.6 Å². The monoisotopic (exact) mass is 315 g/mol. The molecule has 0 spiro atoms. The number of carbonyl (C=O) groups excluding carboxylic acids is 2. The van der Waals surface area contributed by atoms with E-state index in [1.54, 1.807) is 0 Å². The number of hydrogen-bond acceptors (Lipinski definition) is 2. The zero-order valence-corrected chi connectivity index (χ0v) is 13.6. The van der Waals surface area contributed by atoms with Crippen molar-refractivity contribution < 1.29 is 9.59 Å². The summed E-state index contributed by atoms with van der Waals surface area (Å²) >= 11 is 0. The molecule has 0 radical (unpaired) electrons. The van der Waals surface area contributed by atoms with Gasteiger partial charge in [-0.2, -0.15) is 0 Å². The van der Waals surface area contributed by atoms with Crippen molar-refractivity contribution in [2.24, 2.45) is 11.8 Å². The van der Waals surface area contributed by atoms with Crippen LogP contribution in [-0.4, -0.2) is 24.5 Å². The first-order chi connectivity index (χ1) is 11.1. The van der Waals surface area contributed by atoms with Gasteiger partial charge in [-0.15, -0.1) is 0 Å². The lowest BCUT2D eigenvalue weighted by molar-refractivity contribution is -0.114. The maximum Gasteiger partial charge on any atom is 0.315 e. The van der Waals surface area contributed by atoms with E-state index in [1.807, 2.05) is 24.3 Å². The topological polar surface area (TPSA) is 70.2 Å².